The van der Waals surface area contributed by atoms with E-state index in [9.17, 15) is 4.79 Å². The fraction of sp³-hybridized carbons (Fsp3) is 0.750. The van der Waals surface area contributed by atoms with Gasteiger partial charge in [-0.2, -0.15) is 5.26 Å². The quantitative estimate of drug-likeness (QED) is 0.636. The van der Waals surface area contributed by atoms with Gasteiger partial charge >= 0.3 is 0 Å². The van der Waals surface area contributed by atoms with E-state index in [4.69, 9.17) is 5.26 Å². The Balaban J connectivity index is 2.31. The minimum absolute atomic E-state index is 0.100. The van der Waals surface area contributed by atoms with Crippen molar-refractivity contribution in [2.24, 2.45) is 5.92 Å². The van der Waals surface area contributed by atoms with Gasteiger partial charge in [0.25, 0.3) is 0 Å². The van der Waals surface area contributed by atoms with E-state index >= 15 is 0 Å². The zero-order chi connectivity index (χ0) is 8.10. The van der Waals surface area contributed by atoms with Gasteiger partial charge in [-0.25, -0.2) is 0 Å². The molecule has 0 aliphatic carbocycles. The van der Waals surface area contributed by atoms with Crippen molar-refractivity contribution in [3.05, 3.63) is 0 Å². The molecule has 0 aromatic heterocycles. The van der Waals surface area contributed by atoms with Crippen molar-refractivity contribution in [2.45, 2.75) is 25.7 Å². The first-order chi connectivity index (χ1) is 5.34. The third-order valence-electron chi connectivity index (χ3n) is 2.00. The first-order valence-corrected chi connectivity index (χ1v) is 3.99. The second-order valence-electron chi connectivity index (χ2n) is 2.83. The third kappa shape index (κ3) is 2.23. The van der Waals surface area contributed by atoms with E-state index in [0.717, 1.165) is 25.8 Å². The van der Waals surface area contributed by atoms with Gasteiger partial charge in [-0.1, -0.05) is 0 Å². The van der Waals surface area contributed by atoms with Crippen molar-refractivity contribution in [3.8, 4) is 6.07 Å². The van der Waals surface area contributed by atoms with Crippen LogP contribution in [0.4, 0.5) is 0 Å². The third-order valence-corrected chi connectivity index (χ3v) is 2.00. The molecule has 0 spiro atoms. The summed E-state index contributed by atoms with van der Waals surface area (Å²) in [5.74, 6) is 0.231. The van der Waals surface area contributed by atoms with Crippen LogP contribution in [0.3, 0.4) is 0 Å². The number of hydrogen-bond acceptors (Lipinski definition) is 2. The molecule has 1 N–H and O–H groups in total. The van der Waals surface area contributed by atoms with Crippen molar-refractivity contribution in [3.63, 3.8) is 0 Å². The molecule has 3 nitrogen and oxygen atoms in total. The number of piperidine rings is 1. The Bertz CT molecular complexity index is 183. The molecule has 1 fully saturated rings. The Labute approximate surface area is 66.4 Å². The van der Waals surface area contributed by atoms with Crippen LogP contribution >= 0.6 is 0 Å². The molecular weight excluding hydrogens is 140 g/mol. The topological polar surface area (TPSA) is 52.9 Å². The molecule has 1 saturated heterocycles. The number of carbonyl (C=O) groups is 1. The fourth-order valence-corrected chi connectivity index (χ4v) is 1.35. The van der Waals surface area contributed by atoms with Gasteiger partial charge in [-0.05, 0) is 19.3 Å². The molecule has 1 aliphatic heterocycles. The van der Waals surface area contributed by atoms with Crippen LogP contribution in [0.2, 0.25) is 0 Å². The fourth-order valence-electron chi connectivity index (χ4n) is 1.35. The predicted octanol–water partition coefficient (Wildman–Crippen LogP) is 0.816. The lowest BCUT2D eigenvalue weighted by molar-refractivity contribution is -0.126. The predicted molar refractivity (Wildman–Crippen MR) is 40.6 cm³/mol. The average molecular weight is 152 g/mol. The average Bonchev–Trinajstić information content (AvgIpc) is 2.03. The zero-order valence-corrected chi connectivity index (χ0v) is 6.47. The van der Waals surface area contributed by atoms with Crippen LogP contribution in [0.5, 0.6) is 0 Å². The molecule has 1 unspecified atom stereocenters. The number of rotatable bonds is 2. The Hall–Kier alpha value is -1.04. The highest BCUT2D eigenvalue weighted by Gasteiger charge is 2.20. The number of nitrogens with one attached hydrogen (secondary N) is 1. The number of hydrogen-bond donors (Lipinski definition) is 1. The Morgan fingerprint density at radius 2 is 2.55 bits per heavy atom. The minimum atomic E-state index is 0.100. The summed E-state index contributed by atoms with van der Waals surface area (Å²) in [5, 5.41) is 11.1. The maximum Gasteiger partial charge on any atom is 0.223 e. The highest BCUT2D eigenvalue weighted by atomic mass is 16.1. The van der Waals surface area contributed by atoms with E-state index in [0.29, 0.717) is 6.42 Å². The molecule has 0 aromatic rings. The van der Waals surface area contributed by atoms with Crippen molar-refractivity contribution in [1.29, 1.82) is 5.26 Å². The van der Waals surface area contributed by atoms with Gasteiger partial charge in [0.15, 0.2) is 0 Å². The van der Waals surface area contributed by atoms with Gasteiger partial charge in [0.05, 0.1) is 6.07 Å². The normalized spacial score (nSPS) is 23.9. The van der Waals surface area contributed by atoms with Crippen LogP contribution in [-0.2, 0) is 4.79 Å². The van der Waals surface area contributed by atoms with Crippen LogP contribution in [0, 0.1) is 17.2 Å². The van der Waals surface area contributed by atoms with Crippen LogP contribution in [0.15, 0.2) is 0 Å². The van der Waals surface area contributed by atoms with Gasteiger partial charge in [0, 0.05) is 18.9 Å². The number of nitriles is 1. The molecule has 1 rings (SSSR count). The molecule has 1 atom stereocenters. The summed E-state index contributed by atoms with van der Waals surface area (Å²) < 4.78 is 0. The molecule has 0 aromatic carbocycles. The monoisotopic (exact) mass is 152 g/mol. The van der Waals surface area contributed by atoms with Gasteiger partial charge in [0.2, 0.25) is 5.91 Å². The van der Waals surface area contributed by atoms with Gasteiger partial charge in [-0.15, -0.1) is 0 Å². The van der Waals surface area contributed by atoms with Gasteiger partial charge in [-0.3, -0.25) is 4.79 Å². The summed E-state index contributed by atoms with van der Waals surface area (Å²) in [4.78, 5) is 11.1. The molecule has 0 radical (unpaired) electrons. The lowest BCUT2D eigenvalue weighted by Crippen LogP contribution is -2.36. The van der Waals surface area contributed by atoms with Crippen LogP contribution in [-0.4, -0.2) is 12.5 Å². The van der Waals surface area contributed by atoms with Crippen LogP contribution in [0.25, 0.3) is 0 Å². The maximum absolute atomic E-state index is 11.1. The van der Waals surface area contributed by atoms with Crippen molar-refractivity contribution in [2.75, 3.05) is 6.54 Å². The SMILES string of the molecule is N#CCCC1CCCNC1=O. The van der Waals surface area contributed by atoms with Gasteiger partial charge in [0.1, 0.15) is 0 Å². The summed E-state index contributed by atoms with van der Waals surface area (Å²) >= 11 is 0. The van der Waals surface area contributed by atoms with Gasteiger partial charge < -0.3 is 5.32 Å². The lowest BCUT2D eigenvalue weighted by Gasteiger charge is -2.20. The Morgan fingerprint density at radius 3 is 3.18 bits per heavy atom. The first kappa shape index (κ1) is 8.06. The van der Waals surface area contributed by atoms with Crippen molar-refractivity contribution >= 4 is 5.91 Å². The Morgan fingerprint density at radius 1 is 1.73 bits per heavy atom. The standard InChI is InChI=1S/C8H12N2O/c9-5-1-3-7-4-2-6-10-8(7)11/h7H,1-4,6H2,(H,10,11). The molecular formula is C8H12N2O. The summed E-state index contributed by atoms with van der Waals surface area (Å²) in [6, 6.07) is 2.06. The molecule has 0 bridgehead atoms. The molecule has 11 heavy (non-hydrogen) atoms. The van der Waals surface area contributed by atoms with E-state index in [-0.39, 0.29) is 11.8 Å². The Kier molecular flexibility index (Phi) is 2.91. The summed E-state index contributed by atoms with van der Waals surface area (Å²) in [6.45, 7) is 0.807. The molecule has 3 heteroatoms. The van der Waals surface area contributed by atoms with Crippen LogP contribution < -0.4 is 5.32 Å². The summed E-state index contributed by atoms with van der Waals surface area (Å²) in [7, 11) is 0. The lowest BCUT2D eigenvalue weighted by atomic mass is 9.94. The second-order valence-corrected chi connectivity index (χ2v) is 2.83. The number of amides is 1. The largest absolute Gasteiger partial charge is 0.356 e. The first-order valence-electron chi connectivity index (χ1n) is 3.99. The van der Waals surface area contributed by atoms with E-state index < -0.39 is 0 Å². The second kappa shape index (κ2) is 3.97. The highest BCUT2D eigenvalue weighted by Crippen LogP contribution is 2.16. The number of nitrogens with zero attached hydrogens (tertiary/aromatic N) is 1. The van der Waals surface area contributed by atoms with E-state index in [1.165, 1.54) is 0 Å². The highest BCUT2D eigenvalue weighted by molar-refractivity contribution is 5.79. The minimum Gasteiger partial charge on any atom is -0.356 e. The van der Waals surface area contributed by atoms with E-state index in [1.807, 2.05) is 0 Å². The summed E-state index contributed by atoms with van der Waals surface area (Å²) in [5.41, 5.74) is 0. The molecule has 60 valence electrons. The van der Waals surface area contributed by atoms with E-state index in [1.54, 1.807) is 0 Å². The van der Waals surface area contributed by atoms with Crippen LogP contribution in [0.1, 0.15) is 25.7 Å². The smallest absolute Gasteiger partial charge is 0.223 e. The van der Waals surface area contributed by atoms with Crippen molar-refractivity contribution < 1.29 is 4.79 Å². The molecule has 1 aliphatic rings. The number of carbonyl (C=O) groups excluding carboxylic acids is 1. The molecule has 0 saturated carbocycles. The molecule has 1 heterocycles. The maximum atomic E-state index is 11.1. The van der Waals surface area contributed by atoms with Crippen molar-refractivity contribution in [1.82, 2.24) is 5.32 Å². The summed E-state index contributed by atoms with van der Waals surface area (Å²) in [6.07, 6.45) is 3.23. The zero-order valence-electron chi connectivity index (χ0n) is 6.47. The molecule has 1 amide bonds. The van der Waals surface area contributed by atoms with E-state index in [2.05, 4.69) is 11.4 Å².